The van der Waals surface area contributed by atoms with Gasteiger partial charge in [0.15, 0.2) is 0 Å². The lowest BCUT2D eigenvalue weighted by Gasteiger charge is -2.33. The van der Waals surface area contributed by atoms with E-state index in [4.69, 9.17) is 5.73 Å². The van der Waals surface area contributed by atoms with E-state index in [0.717, 1.165) is 16.6 Å². The average molecular weight is 329 g/mol. The first-order valence-corrected chi connectivity index (χ1v) is 7.73. The summed E-state index contributed by atoms with van der Waals surface area (Å²) < 4.78 is 14.4. The summed E-state index contributed by atoms with van der Waals surface area (Å²) in [6, 6.07) is 5.57. The van der Waals surface area contributed by atoms with Crippen molar-refractivity contribution >= 4 is 15.9 Å². The molecule has 1 aliphatic rings. The lowest BCUT2D eigenvalue weighted by molar-refractivity contribution is 0.169. The smallest absolute Gasteiger partial charge is 0.123 e. The second kappa shape index (κ2) is 6.33. The molecule has 1 aliphatic carbocycles. The fraction of sp³-hybridized carbons (Fsp3) is 0.600. The van der Waals surface area contributed by atoms with E-state index in [1.807, 2.05) is 0 Å². The van der Waals surface area contributed by atoms with E-state index in [9.17, 15) is 4.39 Å². The summed E-state index contributed by atoms with van der Waals surface area (Å²) in [5.41, 5.74) is 6.95. The fourth-order valence-electron chi connectivity index (χ4n) is 2.57. The molecule has 4 heteroatoms. The summed E-state index contributed by atoms with van der Waals surface area (Å²) in [7, 11) is 0. The number of benzene rings is 1. The normalized spacial score (nSPS) is 17.2. The summed E-state index contributed by atoms with van der Waals surface area (Å²) in [5.74, 6) is 0.388. The quantitative estimate of drug-likeness (QED) is 0.862. The lowest BCUT2D eigenvalue weighted by Crippen LogP contribution is -2.38. The summed E-state index contributed by atoms with van der Waals surface area (Å²) in [5, 5.41) is 0. The Hall–Kier alpha value is -0.450. The maximum atomic E-state index is 13.5. The number of nitrogens with two attached hydrogens (primary N) is 1. The van der Waals surface area contributed by atoms with E-state index in [0.29, 0.717) is 18.5 Å². The maximum Gasteiger partial charge on any atom is 0.123 e. The minimum atomic E-state index is -0.197. The zero-order chi connectivity index (χ0) is 14.0. The van der Waals surface area contributed by atoms with Gasteiger partial charge in [-0.15, -0.1) is 0 Å². The van der Waals surface area contributed by atoms with Gasteiger partial charge in [-0.3, -0.25) is 4.90 Å². The highest BCUT2D eigenvalue weighted by molar-refractivity contribution is 9.10. The molecule has 1 fully saturated rings. The molecule has 0 aromatic heterocycles. The lowest BCUT2D eigenvalue weighted by atomic mass is 10.0. The van der Waals surface area contributed by atoms with Gasteiger partial charge in [0.25, 0.3) is 0 Å². The van der Waals surface area contributed by atoms with Crippen LogP contribution < -0.4 is 5.73 Å². The van der Waals surface area contributed by atoms with E-state index >= 15 is 0 Å². The third-order valence-electron chi connectivity index (χ3n) is 3.53. The van der Waals surface area contributed by atoms with Crippen LogP contribution in [0.2, 0.25) is 0 Å². The Kier molecular flexibility index (Phi) is 4.98. The van der Waals surface area contributed by atoms with Crippen LogP contribution in [0.3, 0.4) is 0 Å². The van der Waals surface area contributed by atoms with E-state index in [-0.39, 0.29) is 11.9 Å². The summed E-state index contributed by atoms with van der Waals surface area (Å²) in [4.78, 5) is 2.45. The maximum absolute atomic E-state index is 13.5. The highest BCUT2D eigenvalue weighted by atomic mass is 79.9. The van der Waals surface area contributed by atoms with E-state index in [2.05, 4.69) is 34.7 Å². The number of rotatable bonds is 6. The summed E-state index contributed by atoms with van der Waals surface area (Å²) >= 11 is 3.53. The Morgan fingerprint density at radius 2 is 2.11 bits per heavy atom. The molecule has 0 bridgehead atoms. The standard InChI is InChI=1S/C15H22BrFN2/c1-10(2)9-19(12-4-5-12)15(8-18)13-7-11(17)3-6-14(13)16/h3,6-7,10,12,15H,4-5,8-9,18H2,1-2H3. The Balaban J connectivity index is 2.28. The summed E-state index contributed by atoms with van der Waals surface area (Å²) in [6.45, 7) is 5.95. The molecule has 1 aromatic carbocycles. The molecular weight excluding hydrogens is 307 g/mol. The van der Waals surface area contributed by atoms with Crippen molar-refractivity contribution in [1.29, 1.82) is 0 Å². The second-order valence-electron chi connectivity index (χ2n) is 5.74. The van der Waals surface area contributed by atoms with Crippen LogP contribution >= 0.6 is 15.9 Å². The van der Waals surface area contributed by atoms with Crippen molar-refractivity contribution in [3.8, 4) is 0 Å². The van der Waals surface area contributed by atoms with E-state index in [1.54, 1.807) is 12.1 Å². The monoisotopic (exact) mass is 328 g/mol. The van der Waals surface area contributed by atoms with Gasteiger partial charge in [-0.05, 0) is 42.5 Å². The van der Waals surface area contributed by atoms with Crippen molar-refractivity contribution in [1.82, 2.24) is 4.90 Å². The number of hydrogen-bond donors (Lipinski definition) is 1. The van der Waals surface area contributed by atoms with Crippen LogP contribution in [0.5, 0.6) is 0 Å². The van der Waals surface area contributed by atoms with Crippen molar-refractivity contribution < 1.29 is 4.39 Å². The first-order valence-electron chi connectivity index (χ1n) is 6.93. The zero-order valence-electron chi connectivity index (χ0n) is 11.6. The molecule has 2 rings (SSSR count). The molecule has 0 amide bonds. The van der Waals surface area contributed by atoms with Crippen molar-refractivity contribution in [3.05, 3.63) is 34.1 Å². The summed E-state index contributed by atoms with van der Waals surface area (Å²) in [6.07, 6.45) is 2.46. The van der Waals surface area contributed by atoms with Gasteiger partial charge in [-0.25, -0.2) is 4.39 Å². The predicted molar refractivity (Wildman–Crippen MR) is 80.5 cm³/mol. The molecular formula is C15H22BrFN2. The minimum Gasteiger partial charge on any atom is -0.329 e. The molecule has 1 atom stereocenters. The highest BCUT2D eigenvalue weighted by Crippen LogP contribution is 2.37. The molecule has 0 heterocycles. The Labute approximate surface area is 123 Å². The number of hydrogen-bond acceptors (Lipinski definition) is 2. The Morgan fingerprint density at radius 3 is 2.63 bits per heavy atom. The highest BCUT2D eigenvalue weighted by Gasteiger charge is 2.35. The van der Waals surface area contributed by atoms with Gasteiger partial charge in [0.2, 0.25) is 0 Å². The average Bonchev–Trinajstić information content (AvgIpc) is 3.16. The Morgan fingerprint density at radius 1 is 1.42 bits per heavy atom. The largest absolute Gasteiger partial charge is 0.329 e. The fourth-order valence-corrected chi connectivity index (χ4v) is 3.08. The van der Waals surface area contributed by atoms with Crippen LogP contribution in [0.15, 0.2) is 22.7 Å². The first kappa shape index (κ1) is 14.9. The topological polar surface area (TPSA) is 29.3 Å². The molecule has 0 radical (unpaired) electrons. The van der Waals surface area contributed by atoms with Gasteiger partial charge >= 0.3 is 0 Å². The van der Waals surface area contributed by atoms with Gasteiger partial charge in [0.1, 0.15) is 5.82 Å². The van der Waals surface area contributed by atoms with Crippen molar-refractivity contribution in [2.45, 2.75) is 38.8 Å². The molecule has 1 aromatic rings. The number of halogens is 2. The third kappa shape index (κ3) is 3.77. The molecule has 1 saturated carbocycles. The SMILES string of the molecule is CC(C)CN(C1CC1)C(CN)c1cc(F)ccc1Br. The number of nitrogens with zero attached hydrogens (tertiary/aromatic N) is 1. The predicted octanol–water partition coefficient (Wildman–Crippen LogP) is 3.71. The van der Waals surface area contributed by atoms with Crippen LogP contribution in [0, 0.1) is 11.7 Å². The molecule has 0 spiro atoms. The molecule has 0 aliphatic heterocycles. The van der Waals surface area contributed by atoms with Crippen molar-refractivity contribution in [3.63, 3.8) is 0 Å². The molecule has 1 unspecified atom stereocenters. The van der Waals surface area contributed by atoms with Gasteiger partial charge in [0, 0.05) is 29.6 Å². The molecule has 19 heavy (non-hydrogen) atoms. The van der Waals surface area contributed by atoms with E-state index in [1.165, 1.54) is 18.9 Å². The Bertz CT molecular complexity index is 432. The van der Waals surface area contributed by atoms with Gasteiger partial charge in [-0.2, -0.15) is 0 Å². The minimum absolute atomic E-state index is 0.0972. The van der Waals surface area contributed by atoms with Crippen LogP contribution in [0.4, 0.5) is 4.39 Å². The molecule has 106 valence electrons. The van der Waals surface area contributed by atoms with Gasteiger partial charge in [0.05, 0.1) is 0 Å². The first-order chi connectivity index (χ1) is 9.02. The van der Waals surface area contributed by atoms with Crippen LogP contribution in [-0.4, -0.2) is 24.0 Å². The zero-order valence-corrected chi connectivity index (χ0v) is 13.2. The molecule has 2 nitrogen and oxygen atoms in total. The van der Waals surface area contributed by atoms with Crippen LogP contribution in [0.1, 0.15) is 38.3 Å². The van der Waals surface area contributed by atoms with E-state index < -0.39 is 0 Å². The van der Waals surface area contributed by atoms with Gasteiger partial charge < -0.3 is 5.73 Å². The third-order valence-corrected chi connectivity index (χ3v) is 4.25. The molecule has 2 N–H and O–H groups in total. The molecule has 0 saturated heterocycles. The van der Waals surface area contributed by atoms with Crippen molar-refractivity contribution in [2.75, 3.05) is 13.1 Å². The van der Waals surface area contributed by atoms with Crippen LogP contribution in [-0.2, 0) is 0 Å². The second-order valence-corrected chi connectivity index (χ2v) is 6.59. The van der Waals surface area contributed by atoms with Crippen LogP contribution in [0.25, 0.3) is 0 Å². The van der Waals surface area contributed by atoms with Crippen molar-refractivity contribution in [2.24, 2.45) is 11.7 Å². The van der Waals surface area contributed by atoms with Gasteiger partial charge in [-0.1, -0.05) is 29.8 Å².